The molecule has 2 saturated carbocycles. The van der Waals surface area contributed by atoms with Crippen molar-refractivity contribution < 1.29 is 70.7 Å². The zero-order valence-corrected chi connectivity index (χ0v) is 59.7. The molecular formula is C66H110ClF3N12O12. The molecule has 0 spiro atoms. The zero-order chi connectivity index (χ0) is 71.3. The number of rotatable bonds is 12. The van der Waals surface area contributed by atoms with Crippen LogP contribution in [0, 0.1) is 41.4 Å². The van der Waals surface area contributed by atoms with Crippen LogP contribution in [0.5, 0.6) is 0 Å². The van der Waals surface area contributed by atoms with Gasteiger partial charge in [0.05, 0.1) is 18.9 Å². The van der Waals surface area contributed by atoms with Crippen molar-refractivity contribution in [2.75, 3.05) is 69.5 Å². The van der Waals surface area contributed by atoms with Crippen LogP contribution < -0.4 is 21.3 Å². The van der Waals surface area contributed by atoms with Gasteiger partial charge in [0.1, 0.15) is 60.4 Å². The Balaban J connectivity index is 1.82. The lowest BCUT2D eigenvalue weighted by molar-refractivity contribution is -0.182. The fourth-order valence-electron chi connectivity index (χ4n) is 13.3. The summed E-state index contributed by atoms with van der Waals surface area (Å²) < 4.78 is 41.5. The normalized spacial score (nSPS) is 31.7. The average Bonchev–Trinajstić information content (AvgIpc) is 0.785. The minimum atomic E-state index is -4.51. The zero-order valence-electron chi connectivity index (χ0n) is 58.9. The van der Waals surface area contributed by atoms with Crippen molar-refractivity contribution in [3.05, 3.63) is 0 Å². The lowest BCUT2D eigenvalue weighted by atomic mass is 9.79. The fraction of sp³-hybridized carbons (Fsp3) is 0.818. The Hall–Kier alpha value is -6.28. The van der Waals surface area contributed by atoms with Crippen LogP contribution in [0.15, 0.2) is 0 Å². The van der Waals surface area contributed by atoms with Gasteiger partial charge in [-0.15, -0.1) is 11.6 Å². The Morgan fingerprint density at radius 1 is 0.606 bits per heavy atom. The molecule has 4 fully saturated rings. The minimum absolute atomic E-state index is 0.0137. The van der Waals surface area contributed by atoms with Crippen LogP contribution in [0.2, 0.25) is 0 Å². The second kappa shape index (κ2) is 35.1. The third-order valence-electron chi connectivity index (χ3n) is 20.5. The lowest BCUT2D eigenvalue weighted by Gasteiger charge is -2.45. The second-order valence-corrected chi connectivity index (χ2v) is 28.7. The summed E-state index contributed by atoms with van der Waals surface area (Å²) in [7, 11) is 11.2. The molecule has 2 saturated heterocycles. The molecule has 28 heteroatoms. The molecule has 0 bridgehead atoms. The summed E-state index contributed by atoms with van der Waals surface area (Å²) in [4.78, 5) is 184. The highest BCUT2D eigenvalue weighted by molar-refractivity contribution is 6.20. The standard InChI is InChI=1S/C66H110ClF3N12O12/c1-19-38(6)54-64(93)77(14)42(10)60(89)82-30-29-48(82)63(92)79(16)50(33-44-23-21-37(5)22-24-44)62(91)76(13)35-52(83)73-47(28-26-43-25-27-45(46(67)32-43)66(68,69)70)57(86)71-40(8)56(85)72-41(9)59(88)81(18)55(39(7)20-2)65(94)80(17)51(61(90)75(11)12)34-53(84)78(15)49(31-36(3)4)58(87)74-54/h36-51,54-55H,19-35H2,1-18H3,(H,71,86)(H,72,85)(H,73,83)(H,74,87)/t37?,38-,39-,40+,41-,42-,43?,44?,45?,46?,47-,48-,49-,50-,51-,54-,55-/m0/s1. The predicted molar refractivity (Wildman–Crippen MR) is 348 cm³/mol. The number of likely N-dealkylation sites (N-methyl/N-ethyl adjacent to an activating group) is 7. The number of carbonyl (C=O) groups is 12. The highest BCUT2D eigenvalue weighted by atomic mass is 35.5. The first-order chi connectivity index (χ1) is 43.7. The highest BCUT2D eigenvalue weighted by Gasteiger charge is 2.49. The Kier molecular flexibility index (Phi) is 29.9. The number of halogens is 4. The first-order valence-electron chi connectivity index (χ1n) is 33.7. The molecule has 2 heterocycles. The van der Waals surface area contributed by atoms with Crippen molar-refractivity contribution >= 4 is 82.5 Å². The van der Waals surface area contributed by atoms with Crippen LogP contribution in [0.3, 0.4) is 0 Å². The van der Waals surface area contributed by atoms with Crippen molar-refractivity contribution in [1.29, 1.82) is 0 Å². The molecule has 12 amide bonds. The second-order valence-electron chi connectivity index (χ2n) is 28.2. The number of carbonyl (C=O) groups excluding carboxylic acids is 12. The molecule has 0 radical (unpaired) electrons. The van der Waals surface area contributed by atoms with E-state index < -0.39 is 174 Å². The monoisotopic (exact) mass is 1350 g/mol. The molecular weight excluding hydrogens is 1250 g/mol. The lowest BCUT2D eigenvalue weighted by Crippen LogP contribution is -2.65. The van der Waals surface area contributed by atoms with Crippen LogP contribution in [0.1, 0.15) is 166 Å². The molecule has 0 aromatic carbocycles. The van der Waals surface area contributed by atoms with Gasteiger partial charge in [0.2, 0.25) is 70.9 Å². The fourth-order valence-corrected chi connectivity index (χ4v) is 13.8. The molecule has 534 valence electrons. The first kappa shape index (κ1) is 80.2. The molecule has 94 heavy (non-hydrogen) atoms. The van der Waals surface area contributed by atoms with E-state index in [1.165, 1.54) is 102 Å². The number of nitrogens with zero attached hydrogens (tertiary/aromatic N) is 8. The van der Waals surface area contributed by atoms with E-state index in [9.17, 15) is 70.7 Å². The van der Waals surface area contributed by atoms with E-state index in [0.29, 0.717) is 18.8 Å². The Morgan fingerprint density at radius 3 is 1.72 bits per heavy atom. The van der Waals surface area contributed by atoms with Crippen LogP contribution >= 0.6 is 11.6 Å². The van der Waals surface area contributed by atoms with Crippen LogP contribution in [-0.4, -0.2) is 252 Å². The molecule has 2 aliphatic heterocycles. The van der Waals surface area contributed by atoms with Gasteiger partial charge >= 0.3 is 6.18 Å². The summed E-state index contributed by atoms with van der Waals surface area (Å²) in [6.07, 6.45) is -0.602. The van der Waals surface area contributed by atoms with E-state index in [1.54, 1.807) is 20.8 Å². The number of nitrogens with one attached hydrogen (secondary N) is 4. The van der Waals surface area contributed by atoms with Crippen molar-refractivity contribution in [1.82, 2.24) is 60.5 Å². The maximum Gasteiger partial charge on any atom is 0.393 e. The van der Waals surface area contributed by atoms with E-state index in [1.807, 2.05) is 20.8 Å². The molecule has 24 nitrogen and oxygen atoms in total. The smallest absolute Gasteiger partial charge is 0.347 e. The largest absolute Gasteiger partial charge is 0.393 e. The van der Waals surface area contributed by atoms with Gasteiger partial charge in [-0.05, 0) is 108 Å². The van der Waals surface area contributed by atoms with E-state index >= 15 is 0 Å². The predicted octanol–water partition coefficient (Wildman–Crippen LogP) is 4.39. The third-order valence-corrected chi connectivity index (χ3v) is 20.9. The summed E-state index contributed by atoms with van der Waals surface area (Å²) in [5.74, 6) is -11.3. The Morgan fingerprint density at radius 2 is 1.19 bits per heavy atom. The minimum Gasteiger partial charge on any atom is -0.347 e. The summed E-state index contributed by atoms with van der Waals surface area (Å²) in [6, 6.07) is -12.6. The summed E-state index contributed by atoms with van der Waals surface area (Å²) in [5.41, 5.74) is 0. The molecule has 4 rings (SSSR count). The van der Waals surface area contributed by atoms with Gasteiger partial charge in [0.15, 0.2) is 0 Å². The number of hydrogen-bond acceptors (Lipinski definition) is 12. The summed E-state index contributed by atoms with van der Waals surface area (Å²) in [6.45, 7) is 16.7. The summed E-state index contributed by atoms with van der Waals surface area (Å²) >= 11 is 6.31. The molecule has 0 aromatic rings. The maximum absolute atomic E-state index is 14.9. The molecule has 4 N–H and O–H groups in total. The summed E-state index contributed by atoms with van der Waals surface area (Å²) in [5, 5.41) is 9.52. The van der Waals surface area contributed by atoms with Gasteiger partial charge in [0.25, 0.3) is 0 Å². The molecule has 0 aromatic heterocycles. The molecule has 4 aliphatic rings. The Bertz CT molecular complexity index is 2700. The first-order valence-corrected chi connectivity index (χ1v) is 34.1. The van der Waals surface area contributed by atoms with E-state index in [0.717, 1.165) is 40.4 Å². The van der Waals surface area contributed by atoms with E-state index in [2.05, 4.69) is 28.2 Å². The van der Waals surface area contributed by atoms with Crippen molar-refractivity contribution in [3.8, 4) is 0 Å². The van der Waals surface area contributed by atoms with Gasteiger partial charge < -0.3 is 60.5 Å². The van der Waals surface area contributed by atoms with Crippen molar-refractivity contribution in [2.45, 2.75) is 238 Å². The highest BCUT2D eigenvalue weighted by Crippen LogP contribution is 2.44. The van der Waals surface area contributed by atoms with Crippen LogP contribution in [-0.2, 0) is 57.5 Å². The number of fused-ring (bicyclic) bond motifs is 1. The quantitative estimate of drug-likeness (QED) is 0.198. The number of amides is 12. The van der Waals surface area contributed by atoms with Gasteiger partial charge in [-0.25, -0.2) is 0 Å². The Labute approximate surface area is 559 Å². The van der Waals surface area contributed by atoms with E-state index in [4.69, 9.17) is 11.6 Å². The third kappa shape index (κ3) is 20.6. The number of hydrogen-bond donors (Lipinski definition) is 4. The van der Waals surface area contributed by atoms with Gasteiger partial charge in [-0.3, -0.25) is 57.5 Å². The maximum atomic E-state index is 14.9. The van der Waals surface area contributed by atoms with E-state index in [-0.39, 0.29) is 75.7 Å². The SMILES string of the molecule is CC[C@H](C)[C@@H]1NC(=O)[C@H](CC(C)C)N(C)C(=O)C[C@@H](C(=O)N(C)C)N(C)C(=O)[C@H]([C@@H](C)CC)N(C)C(=O)[C@H](C)NC(=O)[C@@H](C)NC(=O)[C@H](CCC2CCC(C(F)(F)F)C(Cl)C2)NC(=O)CN(C)C(=O)[C@H](CC2CCC(C)CC2)N(C)C(=O)[C@@H]2CCN2C(=O)[C@H](C)N(C)C1=O. The van der Waals surface area contributed by atoms with Gasteiger partial charge in [-0.2, -0.15) is 13.2 Å². The molecule has 3 unspecified atom stereocenters. The van der Waals surface area contributed by atoms with Crippen molar-refractivity contribution in [2.24, 2.45) is 41.4 Å². The average molecular weight is 1360 g/mol. The van der Waals surface area contributed by atoms with Crippen LogP contribution in [0.25, 0.3) is 0 Å². The molecule has 15 atom stereocenters. The topological polar surface area (TPSA) is 279 Å². The van der Waals surface area contributed by atoms with Gasteiger partial charge in [0, 0.05) is 68.3 Å². The van der Waals surface area contributed by atoms with Crippen molar-refractivity contribution in [3.63, 3.8) is 0 Å². The number of alkyl halides is 4. The van der Waals surface area contributed by atoms with Crippen LogP contribution in [0.4, 0.5) is 13.2 Å². The molecule has 2 aliphatic carbocycles. The van der Waals surface area contributed by atoms with Gasteiger partial charge in [-0.1, -0.05) is 87.0 Å².